The zero-order valence-corrected chi connectivity index (χ0v) is 20.6. The third-order valence-electron chi connectivity index (χ3n) is 6.64. The number of rotatable bonds is 5. The molecular weight excluding hydrogens is 475 g/mol. The van der Waals surface area contributed by atoms with Gasteiger partial charge in [-0.1, -0.05) is 12.1 Å². The molecule has 2 unspecified atom stereocenters. The van der Waals surface area contributed by atoms with Crippen molar-refractivity contribution >= 4 is 23.3 Å². The van der Waals surface area contributed by atoms with Crippen molar-refractivity contribution in [3.63, 3.8) is 0 Å². The SMILES string of the molecule is CC(=O)Nc1cn2nc(-c3cnc(C)c(C(=O)N4CCCC(C(O)c5ccc(F)cc5)C4)c3)ccc2n1. The molecule has 3 aromatic heterocycles. The largest absolute Gasteiger partial charge is 0.388 e. The summed E-state index contributed by atoms with van der Waals surface area (Å²) in [5, 5.41) is 18.1. The Labute approximate surface area is 213 Å². The van der Waals surface area contributed by atoms with Gasteiger partial charge in [0.2, 0.25) is 5.91 Å². The highest BCUT2D eigenvalue weighted by Gasteiger charge is 2.30. The molecule has 9 nitrogen and oxygen atoms in total. The number of carbonyl (C=O) groups is 2. The summed E-state index contributed by atoms with van der Waals surface area (Å²) in [6.45, 7) is 4.18. The van der Waals surface area contributed by atoms with Gasteiger partial charge in [0.25, 0.3) is 5.91 Å². The fourth-order valence-corrected chi connectivity index (χ4v) is 4.72. The molecule has 4 aromatic rings. The average molecular weight is 503 g/mol. The van der Waals surface area contributed by atoms with Crippen LogP contribution in [-0.2, 0) is 4.79 Å². The van der Waals surface area contributed by atoms with E-state index in [4.69, 9.17) is 0 Å². The van der Waals surface area contributed by atoms with Crippen molar-refractivity contribution < 1.29 is 19.1 Å². The molecule has 2 amide bonds. The maximum absolute atomic E-state index is 13.6. The summed E-state index contributed by atoms with van der Waals surface area (Å²) >= 11 is 0. The molecule has 1 aromatic carbocycles. The monoisotopic (exact) mass is 502 g/mol. The third-order valence-corrected chi connectivity index (χ3v) is 6.64. The molecule has 0 spiro atoms. The minimum atomic E-state index is -0.782. The van der Waals surface area contributed by atoms with Crippen LogP contribution in [0.25, 0.3) is 16.9 Å². The normalized spacial score (nSPS) is 16.5. The summed E-state index contributed by atoms with van der Waals surface area (Å²) in [6.07, 6.45) is 4.04. The van der Waals surface area contributed by atoms with E-state index in [0.717, 1.165) is 12.8 Å². The first-order valence-corrected chi connectivity index (χ1v) is 12.1. The molecule has 37 heavy (non-hydrogen) atoms. The van der Waals surface area contributed by atoms with Gasteiger partial charge < -0.3 is 15.3 Å². The number of pyridine rings is 1. The Kier molecular flexibility index (Phi) is 6.66. The van der Waals surface area contributed by atoms with Crippen molar-refractivity contribution in [3.05, 3.63) is 77.5 Å². The molecule has 0 radical (unpaired) electrons. The van der Waals surface area contributed by atoms with E-state index >= 15 is 0 Å². The number of nitrogens with one attached hydrogen (secondary N) is 1. The van der Waals surface area contributed by atoms with Gasteiger partial charge in [0.15, 0.2) is 11.5 Å². The highest BCUT2D eigenvalue weighted by molar-refractivity contribution is 5.96. The summed E-state index contributed by atoms with van der Waals surface area (Å²) in [5.74, 6) is -0.478. The van der Waals surface area contributed by atoms with Gasteiger partial charge in [-0.15, -0.1) is 0 Å². The summed E-state index contributed by atoms with van der Waals surface area (Å²) in [4.78, 5) is 35.4. The first-order chi connectivity index (χ1) is 17.8. The van der Waals surface area contributed by atoms with Crippen molar-refractivity contribution in [3.8, 4) is 11.3 Å². The smallest absolute Gasteiger partial charge is 0.255 e. The topological polar surface area (TPSA) is 113 Å². The molecule has 2 atom stereocenters. The number of carbonyl (C=O) groups excluding carboxylic acids is 2. The standard InChI is InChI=1S/C27H27FN6O3/c1-16-22(27(37)33-11-3-4-19(14-33)26(36)18-5-7-21(28)8-6-18)12-20(13-29-16)23-9-10-25-31-24(30-17(2)35)15-34(25)32-23/h5-10,12-13,15,19,26,36H,3-4,11,14H2,1-2H3,(H,30,35). The Hall–Kier alpha value is -4.18. The Morgan fingerprint density at radius 3 is 2.73 bits per heavy atom. The summed E-state index contributed by atoms with van der Waals surface area (Å²) in [6, 6.07) is 11.2. The number of benzene rings is 1. The lowest BCUT2D eigenvalue weighted by Gasteiger charge is -2.35. The fourth-order valence-electron chi connectivity index (χ4n) is 4.72. The predicted molar refractivity (Wildman–Crippen MR) is 135 cm³/mol. The van der Waals surface area contributed by atoms with E-state index in [9.17, 15) is 19.1 Å². The van der Waals surface area contributed by atoms with Gasteiger partial charge in [0, 0.05) is 37.7 Å². The van der Waals surface area contributed by atoms with Crippen LogP contribution in [0.5, 0.6) is 0 Å². The van der Waals surface area contributed by atoms with Crippen molar-refractivity contribution in [2.24, 2.45) is 5.92 Å². The molecule has 1 saturated heterocycles. The molecule has 10 heteroatoms. The van der Waals surface area contributed by atoms with Crippen LogP contribution in [0.3, 0.4) is 0 Å². The lowest BCUT2D eigenvalue weighted by atomic mass is 9.88. The van der Waals surface area contributed by atoms with Crippen LogP contribution in [0.15, 0.2) is 54.9 Å². The second kappa shape index (κ2) is 10.1. The summed E-state index contributed by atoms with van der Waals surface area (Å²) in [7, 11) is 0. The number of likely N-dealkylation sites (tertiary alicyclic amines) is 1. The zero-order chi connectivity index (χ0) is 26.1. The van der Waals surface area contributed by atoms with Gasteiger partial charge >= 0.3 is 0 Å². The van der Waals surface area contributed by atoms with Gasteiger partial charge in [-0.25, -0.2) is 13.9 Å². The van der Waals surface area contributed by atoms with E-state index in [1.807, 2.05) is 0 Å². The van der Waals surface area contributed by atoms with Crippen LogP contribution in [0, 0.1) is 18.7 Å². The molecule has 5 rings (SSSR count). The Morgan fingerprint density at radius 2 is 1.97 bits per heavy atom. The Bertz CT molecular complexity index is 1470. The van der Waals surface area contributed by atoms with Gasteiger partial charge in [0.05, 0.1) is 29.3 Å². The van der Waals surface area contributed by atoms with Crippen molar-refractivity contribution in [2.75, 3.05) is 18.4 Å². The fraction of sp³-hybridized carbons (Fsp3) is 0.296. The number of aromatic nitrogens is 4. The van der Waals surface area contributed by atoms with Gasteiger partial charge in [-0.2, -0.15) is 5.10 Å². The third kappa shape index (κ3) is 5.19. The molecule has 0 saturated carbocycles. The van der Waals surface area contributed by atoms with Gasteiger partial charge in [0.1, 0.15) is 5.82 Å². The number of hydrogen-bond donors (Lipinski definition) is 2. The van der Waals surface area contributed by atoms with E-state index in [1.54, 1.807) is 59.1 Å². The molecule has 1 aliphatic rings. The number of fused-ring (bicyclic) bond motifs is 1. The highest BCUT2D eigenvalue weighted by Crippen LogP contribution is 2.31. The lowest BCUT2D eigenvalue weighted by Crippen LogP contribution is -2.42. The zero-order valence-electron chi connectivity index (χ0n) is 20.6. The van der Waals surface area contributed by atoms with E-state index in [-0.39, 0.29) is 23.5 Å². The lowest BCUT2D eigenvalue weighted by molar-refractivity contribution is -0.114. The molecule has 190 valence electrons. The highest BCUT2D eigenvalue weighted by atomic mass is 19.1. The quantitative estimate of drug-likeness (QED) is 0.430. The molecule has 1 aliphatic heterocycles. The summed E-state index contributed by atoms with van der Waals surface area (Å²) < 4.78 is 14.9. The van der Waals surface area contributed by atoms with Crippen LogP contribution >= 0.6 is 0 Å². The van der Waals surface area contributed by atoms with E-state index in [1.165, 1.54) is 19.1 Å². The number of halogens is 1. The van der Waals surface area contributed by atoms with Crippen LogP contribution in [0.2, 0.25) is 0 Å². The Morgan fingerprint density at radius 1 is 1.19 bits per heavy atom. The number of amides is 2. The summed E-state index contributed by atoms with van der Waals surface area (Å²) in [5.41, 5.74) is 3.56. The van der Waals surface area contributed by atoms with E-state index in [0.29, 0.717) is 52.6 Å². The van der Waals surface area contributed by atoms with Crippen molar-refractivity contribution in [1.82, 2.24) is 24.5 Å². The first-order valence-electron chi connectivity index (χ1n) is 12.1. The molecule has 4 heterocycles. The van der Waals surface area contributed by atoms with Crippen LogP contribution < -0.4 is 5.32 Å². The predicted octanol–water partition coefficient (Wildman–Crippen LogP) is 3.78. The molecule has 0 bridgehead atoms. The number of nitrogens with zero attached hydrogens (tertiary/aromatic N) is 5. The molecular formula is C27H27FN6O3. The average Bonchev–Trinajstić information content (AvgIpc) is 3.29. The number of anilines is 1. The number of aliphatic hydroxyl groups is 1. The van der Waals surface area contributed by atoms with Crippen LogP contribution in [0.4, 0.5) is 10.2 Å². The van der Waals surface area contributed by atoms with Crippen molar-refractivity contribution in [1.29, 1.82) is 0 Å². The van der Waals surface area contributed by atoms with Crippen LogP contribution in [-0.4, -0.2) is 54.5 Å². The Balaban J connectivity index is 1.37. The first kappa shape index (κ1) is 24.5. The van der Waals surface area contributed by atoms with E-state index < -0.39 is 6.10 Å². The minimum Gasteiger partial charge on any atom is -0.388 e. The van der Waals surface area contributed by atoms with Crippen LogP contribution in [0.1, 0.15) is 47.5 Å². The van der Waals surface area contributed by atoms with Gasteiger partial charge in [-0.3, -0.25) is 14.6 Å². The minimum absolute atomic E-state index is 0.150. The van der Waals surface area contributed by atoms with E-state index in [2.05, 4.69) is 20.4 Å². The number of aliphatic hydroxyl groups excluding tert-OH is 1. The molecule has 0 aliphatic carbocycles. The molecule has 1 fully saturated rings. The number of aryl methyl sites for hydroxylation is 1. The number of imidazole rings is 1. The second-order valence-corrected chi connectivity index (χ2v) is 9.34. The van der Waals surface area contributed by atoms with Gasteiger partial charge in [-0.05, 0) is 55.7 Å². The maximum atomic E-state index is 13.6. The number of hydrogen-bond acceptors (Lipinski definition) is 6. The number of piperidine rings is 1. The molecule has 2 N–H and O–H groups in total. The second-order valence-electron chi connectivity index (χ2n) is 9.34. The maximum Gasteiger partial charge on any atom is 0.255 e. The van der Waals surface area contributed by atoms with Crippen molar-refractivity contribution in [2.45, 2.75) is 32.8 Å².